The number of nitrogens with zero attached hydrogens (tertiary/aromatic N) is 4. The number of nitrogens with one attached hydrogen (secondary N) is 1. The fourth-order valence-corrected chi connectivity index (χ4v) is 4.34. The monoisotopic (exact) mass is 423 g/mol. The first-order valence-electron chi connectivity index (χ1n) is 11.3. The van der Waals surface area contributed by atoms with Gasteiger partial charge in [0.15, 0.2) is 0 Å². The third-order valence-electron chi connectivity index (χ3n) is 6.18. The number of phenolic OH excluding ortho intramolecular Hbond substituents is 1. The summed E-state index contributed by atoms with van der Waals surface area (Å²) in [6, 6.07) is 17.9. The fourth-order valence-electron chi connectivity index (χ4n) is 4.34. The highest BCUT2D eigenvalue weighted by atomic mass is 16.3. The van der Waals surface area contributed by atoms with Crippen molar-refractivity contribution in [2.75, 3.05) is 75.2 Å². The molecular formula is C24H33N5O2. The number of carbonyl (C=O) groups is 1. The Morgan fingerprint density at radius 1 is 0.806 bits per heavy atom. The zero-order valence-electron chi connectivity index (χ0n) is 18.1. The van der Waals surface area contributed by atoms with Crippen LogP contribution in [0, 0.1) is 0 Å². The van der Waals surface area contributed by atoms with Crippen LogP contribution in [0.15, 0.2) is 54.6 Å². The van der Waals surface area contributed by atoms with E-state index in [0.29, 0.717) is 19.6 Å². The predicted octanol–water partition coefficient (Wildman–Crippen LogP) is 2.44. The zero-order chi connectivity index (χ0) is 21.5. The molecule has 0 unspecified atom stereocenters. The van der Waals surface area contributed by atoms with Crippen molar-refractivity contribution in [2.45, 2.75) is 6.42 Å². The lowest BCUT2D eigenvalue weighted by molar-refractivity contribution is 0.193. The Bertz CT molecular complexity index is 831. The molecule has 0 bridgehead atoms. The average molecular weight is 424 g/mol. The van der Waals surface area contributed by atoms with E-state index < -0.39 is 0 Å². The normalized spacial score (nSPS) is 17.6. The van der Waals surface area contributed by atoms with Crippen LogP contribution in [0.3, 0.4) is 0 Å². The van der Waals surface area contributed by atoms with E-state index in [0.717, 1.165) is 57.9 Å². The van der Waals surface area contributed by atoms with Gasteiger partial charge in [0.25, 0.3) is 0 Å². The first-order valence-corrected chi connectivity index (χ1v) is 11.3. The van der Waals surface area contributed by atoms with Crippen molar-refractivity contribution in [3.8, 4) is 5.75 Å². The number of para-hydroxylation sites is 1. The van der Waals surface area contributed by atoms with Crippen LogP contribution >= 0.6 is 0 Å². The summed E-state index contributed by atoms with van der Waals surface area (Å²) in [4.78, 5) is 21.5. The highest BCUT2D eigenvalue weighted by Gasteiger charge is 2.21. The number of urea groups is 1. The van der Waals surface area contributed by atoms with Crippen LogP contribution in [0.1, 0.15) is 6.42 Å². The number of anilines is 2. The maximum atomic E-state index is 12.5. The molecule has 2 aliphatic heterocycles. The van der Waals surface area contributed by atoms with Gasteiger partial charge in [-0.25, -0.2) is 4.79 Å². The topological polar surface area (TPSA) is 62.3 Å². The molecule has 2 amide bonds. The van der Waals surface area contributed by atoms with Gasteiger partial charge in [-0.05, 0) is 37.2 Å². The summed E-state index contributed by atoms with van der Waals surface area (Å²) in [6.45, 7) is 8.94. The van der Waals surface area contributed by atoms with Gasteiger partial charge in [-0.2, -0.15) is 0 Å². The van der Waals surface area contributed by atoms with Crippen LogP contribution in [0.4, 0.5) is 16.2 Å². The molecule has 0 aromatic heterocycles. The second-order valence-electron chi connectivity index (χ2n) is 8.24. The summed E-state index contributed by atoms with van der Waals surface area (Å²) in [5, 5.41) is 12.7. The van der Waals surface area contributed by atoms with Crippen molar-refractivity contribution in [3.63, 3.8) is 0 Å². The summed E-state index contributed by atoms with van der Waals surface area (Å²) in [5.74, 6) is 0.277. The SMILES string of the molecule is O=C(NCCCN1CCN(c2ccccc2)CC1)N1CCN(c2cccc(O)c2)CC1. The third kappa shape index (κ3) is 5.82. The third-order valence-corrected chi connectivity index (χ3v) is 6.18. The molecule has 4 rings (SSSR count). The lowest BCUT2D eigenvalue weighted by Crippen LogP contribution is -2.52. The number of aromatic hydroxyl groups is 1. The minimum atomic E-state index is 0.0319. The lowest BCUT2D eigenvalue weighted by atomic mass is 10.2. The quantitative estimate of drug-likeness (QED) is 0.699. The Morgan fingerprint density at radius 3 is 2.16 bits per heavy atom. The Balaban J connectivity index is 1.10. The molecule has 2 aromatic rings. The van der Waals surface area contributed by atoms with Gasteiger partial charge in [0.05, 0.1) is 0 Å². The first kappa shape index (κ1) is 21.3. The van der Waals surface area contributed by atoms with Crippen LogP contribution in [-0.4, -0.2) is 86.4 Å². The molecule has 7 nitrogen and oxygen atoms in total. The highest BCUT2D eigenvalue weighted by molar-refractivity contribution is 5.74. The molecule has 0 aliphatic carbocycles. The summed E-state index contributed by atoms with van der Waals surface area (Å²) in [7, 11) is 0. The van der Waals surface area contributed by atoms with E-state index in [1.165, 1.54) is 5.69 Å². The fraction of sp³-hybridized carbons (Fsp3) is 0.458. The highest BCUT2D eigenvalue weighted by Crippen LogP contribution is 2.21. The zero-order valence-corrected chi connectivity index (χ0v) is 18.1. The molecule has 2 aromatic carbocycles. The van der Waals surface area contributed by atoms with Crippen molar-refractivity contribution in [1.82, 2.24) is 15.1 Å². The van der Waals surface area contributed by atoms with Crippen LogP contribution in [0.2, 0.25) is 0 Å². The summed E-state index contributed by atoms with van der Waals surface area (Å²) < 4.78 is 0. The molecule has 2 heterocycles. The molecule has 0 atom stereocenters. The van der Waals surface area contributed by atoms with E-state index in [9.17, 15) is 9.90 Å². The van der Waals surface area contributed by atoms with Gasteiger partial charge < -0.3 is 25.1 Å². The first-order chi connectivity index (χ1) is 15.2. The Morgan fingerprint density at radius 2 is 1.45 bits per heavy atom. The van der Waals surface area contributed by atoms with Crippen molar-refractivity contribution in [2.24, 2.45) is 0 Å². The smallest absolute Gasteiger partial charge is 0.317 e. The summed E-state index contributed by atoms with van der Waals surface area (Å²) in [5.41, 5.74) is 2.31. The number of hydrogen-bond acceptors (Lipinski definition) is 5. The van der Waals surface area contributed by atoms with Crippen LogP contribution in [0.5, 0.6) is 5.75 Å². The average Bonchev–Trinajstić information content (AvgIpc) is 2.83. The second kappa shape index (κ2) is 10.4. The van der Waals surface area contributed by atoms with Gasteiger partial charge >= 0.3 is 6.03 Å². The van der Waals surface area contributed by atoms with Crippen molar-refractivity contribution < 1.29 is 9.90 Å². The van der Waals surface area contributed by atoms with E-state index in [4.69, 9.17) is 0 Å². The van der Waals surface area contributed by atoms with E-state index in [-0.39, 0.29) is 11.8 Å². The predicted molar refractivity (Wildman–Crippen MR) is 125 cm³/mol. The van der Waals surface area contributed by atoms with E-state index >= 15 is 0 Å². The van der Waals surface area contributed by atoms with Crippen molar-refractivity contribution in [3.05, 3.63) is 54.6 Å². The molecule has 2 aliphatic rings. The van der Waals surface area contributed by atoms with E-state index in [1.54, 1.807) is 12.1 Å². The van der Waals surface area contributed by atoms with E-state index in [1.807, 2.05) is 17.0 Å². The number of hydrogen-bond donors (Lipinski definition) is 2. The number of carbonyl (C=O) groups excluding carboxylic acids is 1. The lowest BCUT2D eigenvalue weighted by Gasteiger charge is -2.36. The Kier molecular flexibility index (Phi) is 7.14. The molecule has 0 saturated carbocycles. The molecule has 0 radical (unpaired) electrons. The van der Waals surface area contributed by atoms with Gasteiger partial charge in [0.2, 0.25) is 0 Å². The van der Waals surface area contributed by atoms with Crippen LogP contribution < -0.4 is 15.1 Å². The van der Waals surface area contributed by atoms with Gasteiger partial charge in [0, 0.05) is 76.3 Å². The molecule has 166 valence electrons. The Hall–Kier alpha value is -2.93. The molecule has 7 heteroatoms. The van der Waals surface area contributed by atoms with Crippen LogP contribution in [-0.2, 0) is 0 Å². The molecular weight excluding hydrogens is 390 g/mol. The van der Waals surface area contributed by atoms with Gasteiger partial charge in [0.1, 0.15) is 5.75 Å². The minimum Gasteiger partial charge on any atom is -0.508 e. The summed E-state index contributed by atoms with van der Waals surface area (Å²) >= 11 is 0. The molecule has 2 N–H and O–H groups in total. The number of benzene rings is 2. The van der Waals surface area contributed by atoms with Gasteiger partial charge in [-0.15, -0.1) is 0 Å². The minimum absolute atomic E-state index is 0.0319. The number of phenols is 1. The second-order valence-corrected chi connectivity index (χ2v) is 8.24. The molecule has 2 saturated heterocycles. The van der Waals surface area contributed by atoms with Crippen molar-refractivity contribution in [1.29, 1.82) is 0 Å². The molecule has 0 spiro atoms. The maximum absolute atomic E-state index is 12.5. The number of amides is 2. The van der Waals surface area contributed by atoms with E-state index in [2.05, 4.69) is 50.3 Å². The Labute approximate surface area is 184 Å². The number of rotatable bonds is 6. The largest absolute Gasteiger partial charge is 0.508 e. The van der Waals surface area contributed by atoms with Gasteiger partial charge in [-0.1, -0.05) is 24.3 Å². The van der Waals surface area contributed by atoms with Gasteiger partial charge in [-0.3, -0.25) is 4.90 Å². The standard InChI is InChI=1S/C24H33N5O2/c30-23-9-4-8-22(20-23)28-16-18-29(19-17-28)24(31)25-10-5-11-26-12-14-27(15-13-26)21-6-2-1-3-7-21/h1-4,6-9,20,30H,5,10-19H2,(H,25,31). The number of piperazine rings is 2. The van der Waals surface area contributed by atoms with Crippen molar-refractivity contribution >= 4 is 17.4 Å². The van der Waals surface area contributed by atoms with Crippen LogP contribution in [0.25, 0.3) is 0 Å². The maximum Gasteiger partial charge on any atom is 0.317 e. The molecule has 2 fully saturated rings. The summed E-state index contributed by atoms with van der Waals surface area (Å²) in [6.07, 6.45) is 0.973. The molecule has 31 heavy (non-hydrogen) atoms.